The summed E-state index contributed by atoms with van der Waals surface area (Å²) in [7, 11) is -3.98. The van der Waals surface area contributed by atoms with E-state index in [2.05, 4.69) is 45.0 Å². The molecule has 0 aliphatic carbocycles. The molecule has 1 aliphatic rings. The summed E-state index contributed by atoms with van der Waals surface area (Å²) < 4.78 is 24.5. The zero-order chi connectivity index (χ0) is 26.2. The molecule has 0 amide bonds. The molecular formula is C27H30N6O3S. The molecule has 10 heteroatoms. The van der Waals surface area contributed by atoms with Gasteiger partial charge in [-0.1, -0.05) is 18.2 Å². The van der Waals surface area contributed by atoms with Crippen molar-refractivity contribution >= 4 is 43.8 Å². The third kappa shape index (κ3) is 5.22. The molecule has 192 valence electrons. The van der Waals surface area contributed by atoms with Crippen molar-refractivity contribution in [2.24, 2.45) is 5.14 Å². The van der Waals surface area contributed by atoms with Crippen LogP contribution >= 0.6 is 0 Å². The van der Waals surface area contributed by atoms with E-state index in [-0.39, 0.29) is 10.5 Å². The van der Waals surface area contributed by atoms with Crippen LogP contribution in [0.3, 0.4) is 0 Å². The molecule has 0 unspecified atom stereocenters. The van der Waals surface area contributed by atoms with Crippen LogP contribution in [0.4, 0.5) is 23.0 Å². The second-order valence-electron chi connectivity index (χ2n) is 9.47. The molecule has 2 aromatic heterocycles. The van der Waals surface area contributed by atoms with Crippen LogP contribution in [0, 0.1) is 13.8 Å². The number of piperidine rings is 1. The van der Waals surface area contributed by atoms with Gasteiger partial charge in [-0.3, -0.25) is 4.79 Å². The average Bonchev–Trinajstić information content (AvgIpc) is 2.84. The lowest BCUT2D eigenvalue weighted by Crippen LogP contribution is -2.26. The van der Waals surface area contributed by atoms with E-state index in [1.807, 2.05) is 6.07 Å². The highest BCUT2D eigenvalue weighted by atomic mass is 32.2. The first-order valence-corrected chi connectivity index (χ1v) is 13.8. The van der Waals surface area contributed by atoms with Crippen molar-refractivity contribution in [2.45, 2.75) is 37.5 Å². The number of sulfonamides is 1. The Morgan fingerprint density at radius 1 is 1.00 bits per heavy atom. The van der Waals surface area contributed by atoms with Gasteiger partial charge >= 0.3 is 0 Å². The van der Waals surface area contributed by atoms with Gasteiger partial charge in [-0.25, -0.2) is 18.5 Å². The van der Waals surface area contributed by atoms with Gasteiger partial charge < -0.3 is 20.9 Å². The largest absolute Gasteiger partial charge is 0.339 e. The van der Waals surface area contributed by atoms with E-state index < -0.39 is 10.0 Å². The summed E-state index contributed by atoms with van der Waals surface area (Å²) in [5.74, 6) is 1.27. The van der Waals surface area contributed by atoms with Crippen molar-refractivity contribution in [3.05, 3.63) is 81.8 Å². The monoisotopic (exact) mass is 518 g/mol. The van der Waals surface area contributed by atoms with Gasteiger partial charge in [0.1, 0.15) is 16.5 Å². The molecule has 2 aromatic carbocycles. The summed E-state index contributed by atoms with van der Waals surface area (Å²) in [5.41, 5.74) is 3.89. The SMILES string of the molecule is Cc1cc(Nc2nc(Nc3cccc(C)c3S(N)(=O)=O)cc3cc[nH]c(=O)c23)ccc1C1CCNCC1. The Bertz CT molecular complexity index is 1640. The van der Waals surface area contributed by atoms with Crippen molar-refractivity contribution in [2.75, 3.05) is 23.7 Å². The number of nitrogens with one attached hydrogen (secondary N) is 4. The summed E-state index contributed by atoms with van der Waals surface area (Å²) in [6.07, 6.45) is 3.80. The summed E-state index contributed by atoms with van der Waals surface area (Å²) in [5, 5.41) is 16.4. The van der Waals surface area contributed by atoms with Crippen LogP contribution in [-0.4, -0.2) is 31.5 Å². The van der Waals surface area contributed by atoms with Crippen LogP contribution in [0.25, 0.3) is 10.8 Å². The van der Waals surface area contributed by atoms with Gasteiger partial charge in [0.15, 0.2) is 0 Å². The standard InChI is InChI=1S/C27H30N6O3S/c1-16-4-3-5-22(25(16)37(28,35)36)32-23-15-19-10-13-30-27(34)24(19)26(33-23)31-20-6-7-21(17(2)14-20)18-8-11-29-12-9-18/h3-7,10,13-15,18,29H,8-9,11-12H2,1-2H3,(H,30,34)(H2,28,35,36)(H2,31,32,33). The topological polar surface area (TPSA) is 142 Å². The van der Waals surface area contributed by atoms with E-state index in [9.17, 15) is 13.2 Å². The van der Waals surface area contributed by atoms with Crippen molar-refractivity contribution in [1.82, 2.24) is 15.3 Å². The van der Waals surface area contributed by atoms with Gasteiger partial charge in [-0.2, -0.15) is 0 Å². The van der Waals surface area contributed by atoms with Crippen LogP contribution in [0.15, 0.2) is 64.4 Å². The summed E-state index contributed by atoms with van der Waals surface area (Å²) in [6, 6.07) is 14.8. The number of nitrogens with zero attached hydrogens (tertiary/aromatic N) is 1. The van der Waals surface area contributed by atoms with Crippen LogP contribution < -0.4 is 26.6 Å². The van der Waals surface area contributed by atoms with Crippen molar-refractivity contribution < 1.29 is 8.42 Å². The lowest BCUT2D eigenvalue weighted by Gasteiger charge is -2.25. The predicted molar refractivity (Wildman–Crippen MR) is 148 cm³/mol. The Morgan fingerprint density at radius 2 is 1.78 bits per heavy atom. The normalized spacial score (nSPS) is 14.6. The van der Waals surface area contributed by atoms with Gasteiger partial charge in [0, 0.05) is 11.9 Å². The number of aromatic amines is 1. The minimum Gasteiger partial charge on any atom is -0.339 e. The number of anilines is 4. The van der Waals surface area contributed by atoms with E-state index in [4.69, 9.17) is 5.14 Å². The van der Waals surface area contributed by atoms with E-state index in [0.717, 1.165) is 31.6 Å². The number of rotatable bonds is 6. The highest BCUT2D eigenvalue weighted by Crippen LogP contribution is 2.32. The van der Waals surface area contributed by atoms with Gasteiger partial charge in [-0.05, 0) is 98.1 Å². The molecule has 9 nitrogen and oxygen atoms in total. The van der Waals surface area contributed by atoms with Crippen LogP contribution in [0.1, 0.15) is 35.4 Å². The average molecular weight is 519 g/mol. The molecule has 0 saturated carbocycles. The summed E-state index contributed by atoms with van der Waals surface area (Å²) in [6.45, 7) is 5.83. The third-order valence-electron chi connectivity index (χ3n) is 6.83. The number of primary sulfonamides is 1. The van der Waals surface area contributed by atoms with Gasteiger partial charge in [-0.15, -0.1) is 0 Å². The number of aryl methyl sites for hydroxylation is 2. The number of aromatic nitrogens is 2. The van der Waals surface area contributed by atoms with E-state index >= 15 is 0 Å². The third-order valence-corrected chi connectivity index (χ3v) is 7.94. The smallest absolute Gasteiger partial charge is 0.259 e. The molecule has 1 saturated heterocycles. The molecule has 3 heterocycles. The fourth-order valence-electron chi connectivity index (χ4n) is 5.12. The molecule has 1 aliphatic heterocycles. The van der Waals surface area contributed by atoms with Gasteiger partial charge in [0.05, 0.1) is 11.1 Å². The second-order valence-corrected chi connectivity index (χ2v) is 11.0. The molecule has 5 rings (SSSR count). The number of H-pyrrole nitrogens is 1. The molecule has 6 N–H and O–H groups in total. The summed E-state index contributed by atoms with van der Waals surface area (Å²) >= 11 is 0. The van der Waals surface area contributed by atoms with Crippen LogP contribution in [0.2, 0.25) is 0 Å². The van der Waals surface area contributed by atoms with E-state index in [0.29, 0.717) is 39.6 Å². The Labute approximate surface area is 215 Å². The minimum atomic E-state index is -3.98. The first-order chi connectivity index (χ1) is 17.7. The Morgan fingerprint density at radius 3 is 2.51 bits per heavy atom. The first-order valence-electron chi connectivity index (χ1n) is 12.2. The van der Waals surface area contributed by atoms with Crippen LogP contribution in [-0.2, 0) is 10.0 Å². The highest BCUT2D eigenvalue weighted by Gasteiger charge is 2.19. The lowest BCUT2D eigenvalue weighted by molar-refractivity contribution is 0.459. The summed E-state index contributed by atoms with van der Waals surface area (Å²) in [4.78, 5) is 20.1. The molecule has 0 bridgehead atoms. The predicted octanol–water partition coefficient (Wildman–Crippen LogP) is 4.14. The quantitative estimate of drug-likeness (QED) is 0.258. The molecule has 1 fully saturated rings. The Kier molecular flexibility index (Phi) is 6.72. The number of hydrogen-bond acceptors (Lipinski definition) is 7. The maximum Gasteiger partial charge on any atom is 0.259 e. The molecule has 37 heavy (non-hydrogen) atoms. The number of hydrogen-bond donors (Lipinski definition) is 5. The fraction of sp³-hybridized carbons (Fsp3) is 0.259. The Hall–Kier alpha value is -3.73. The maximum absolute atomic E-state index is 12.8. The van der Waals surface area contributed by atoms with Crippen molar-refractivity contribution in [3.63, 3.8) is 0 Å². The molecule has 4 aromatic rings. The fourth-order valence-corrected chi connectivity index (χ4v) is 6.06. The van der Waals surface area contributed by atoms with Crippen molar-refractivity contribution in [3.8, 4) is 0 Å². The number of pyridine rings is 2. The minimum absolute atomic E-state index is 0.00133. The second kappa shape index (κ2) is 9.97. The van der Waals surface area contributed by atoms with Gasteiger partial charge in [0.2, 0.25) is 10.0 Å². The molecule has 0 atom stereocenters. The van der Waals surface area contributed by atoms with Crippen LogP contribution in [0.5, 0.6) is 0 Å². The lowest BCUT2D eigenvalue weighted by atomic mass is 9.87. The Balaban J connectivity index is 1.54. The zero-order valence-electron chi connectivity index (χ0n) is 20.8. The van der Waals surface area contributed by atoms with Crippen molar-refractivity contribution in [1.29, 1.82) is 0 Å². The maximum atomic E-state index is 12.8. The number of benzene rings is 2. The van der Waals surface area contributed by atoms with E-state index in [1.54, 1.807) is 43.5 Å². The van der Waals surface area contributed by atoms with E-state index in [1.165, 1.54) is 11.1 Å². The molecule has 0 radical (unpaired) electrons. The number of nitrogens with two attached hydrogens (primary N) is 1. The number of fused-ring (bicyclic) bond motifs is 1. The van der Waals surface area contributed by atoms with Gasteiger partial charge in [0.25, 0.3) is 5.56 Å². The molecular weight excluding hydrogens is 488 g/mol. The zero-order valence-corrected chi connectivity index (χ0v) is 21.6. The highest BCUT2D eigenvalue weighted by molar-refractivity contribution is 7.89. The molecule has 0 spiro atoms. The first kappa shape index (κ1) is 24.9.